The summed E-state index contributed by atoms with van der Waals surface area (Å²) in [5, 5.41) is 0. The third kappa shape index (κ3) is 3.89. The van der Waals surface area contributed by atoms with Crippen molar-refractivity contribution in [3.05, 3.63) is 65.7 Å². The standard InChI is InChI=1S/C20H25NO/c21-20(17-9-5-2-6-10-17)18-11-13-19(14-12-18)22-15-16-7-3-1-4-8-16/h1,3-4,7-8,11-14,17,20H,2,5-6,9-10,15,21H2/t20-/m1/s1. The maximum Gasteiger partial charge on any atom is 0.119 e. The SMILES string of the molecule is N[C@@H](c1ccc(OCc2ccccc2)cc1)C1CCCCC1. The zero-order chi connectivity index (χ0) is 15.2. The van der Waals surface area contributed by atoms with Gasteiger partial charge < -0.3 is 10.5 Å². The fourth-order valence-corrected chi connectivity index (χ4v) is 3.29. The maximum absolute atomic E-state index is 6.44. The minimum Gasteiger partial charge on any atom is -0.489 e. The second-order valence-electron chi connectivity index (χ2n) is 6.27. The van der Waals surface area contributed by atoms with Crippen LogP contribution in [0.1, 0.15) is 49.3 Å². The molecule has 2 aromatic rings. The molecule has 0 amide bonds. The molecule has 0 spiro atoms. The monoisotopic (exact) mass is 295 g/mol. The van der Waals surface area contributed by atoms with Crippen molar-refractivity contribution in [1.29, 1.82) is 0 Å². The first-order chi connectivity index (χ1) is 10.8. The smallest absolute Gasteiger partial charge is 0.119 e. The van der Waals surface area contributed by atoms with Gasteiger partial charge in [-0.15, -0.1) is 0 Å². The zero-order valence-electron chi connectivity index (χ0n) is 13.1. The lowest BCUT2D eigenvalue weighted by Crippen LogP contribution is -2.23. The van der Waals surface area contributed by atoms with Gasteiger partial charge in [-0.05, 0) is 42.0 Å². The highest BCUT2D eigenvalue weighted by Gasteiger charge is 2.21. The fraction of sp³-hybridized carbons (Fsp3) is 0.400. The molecule has 2 N–H and O–H groups in total. The Morgan fingerprint density at radius 2 is 1.59 bits per heavy atom. The topological polar surface area (TPSA) is 35.2 Å². The molecule has 0 bridgehead atoms. The Morgan fingerprint density at radius 1 is 0.909 bits per heavy atom. The molecule has 1 aliphatic rings. The number of hydrogen-bond acceptors (Lipinski definition) is 2. The predicted octanol–water partition coefficient (Wildman–Crippen LogP) is 4.85. The first-order valence-corrected chi connectivity index (χ1v) is 8.35. The Kier molecular flexibility index (Phi) is 5.12. The third-order valence-corrected chi connectivity index (χ3v) is 4.67. The second-order valence-corrected chi connectivity index (χ2v) is 6.27. The molecule has 0 aromatic heterocycles. The average molecular weight is 295 g/mol. The van der Waals surface area contributed by atoms with E-state index in [-0.39, 0.29) is 6.04 Å². The molecular weight excluding hydrogens is 270 g/mol. The van der Waals surface area contributed by atoms with Gasteiger partial charge in [-0.3, -0.25) is 0 Å². The summed E-state index contributed by atoms with van der Waals surface area (Å²) in [6, 6.07) is 18.7. The van der Waals surface area contributed by atoms with Gasteiger partial charge in [0.1, 0.15) is 12.4 Å². The summed E-state index contributed by atoms with van der Waals surface area (Å²) in [7, 11) is 0. The van der Waals surface area contributed by atoms with Crippen LogP contribution in [0.4, 0.5) is 0 Å². The van der Waals surface area contributed by atoms with Gasteiger partial charge in [0, 0.05) is 6.04 Å². The van der Waals surface area contributed by atoms with Crippen LogP contribution in [0.25, 0.3) is 0 Å². The van der Waals surface area contributed by atoms with Gasteiger partial charge in [0.05, 0.1) is 0 Å². The molecule has 1 saturated carbocycles. The lowest BCUT2D eigenvalue weighted by atomic mass is 9.81. The highest BCUT2D eigenvalue weighted by atomic mass is 16.5. The van der Waals surface area contributed by atoms with Gasteiger partial charge in [-0.1, -0.05) is 61.7 Å². The molecule has 3 rings (SSSR count). The number of ether oxygens (including phenoxy) is 1. The minimum absolute atomic E-state index is 0.170. The molecule has 0 heterocycles. The van der Waals surface area contributed by atoms with Crippen LogP contribution in [-0.2, 0) is 6.61 Å². The summed E-state index contributed by atoms with van der Waals surface area (Å²) in [6.07, 6.45) is 6.57. The molecule has 1 aliphatic carbocycles. The molecule has 2 nitrogen and oxygen atoms in total. The van der Waals surface area contributed by atoms with Crippen molar-refractivity contribution in [3.63, 3.8) is 0 Å². The van der Waals surface area contributed by atoms with Gasteiger partial charge in [0.25, 0.3) is 0 Å². The largest absolute Gasteiger partial charge is 0.489 e. The molecule has 1 fully saturated rings. The van der Waals surface area contributed by atoms with Gasteiger partial charge in [-0.2, -0.15) is 0 Å². The van der Waals surface area contributed by atoms with Gasteiger partial charge in [0.2, 0.25) is 0 Å². The van der Waals surface area contributed by atoms with Gasteiger partial charge in [-0.25, -0.2) is 0 Å². The Bertz CT molecular complexity index is 558. The van der Waals surface area contributed by atoms with E-state index in [9.17, 15) is 0 Å². The molecule has 22 heavy (non-hydrogen) atoms. The summed E-state index contributed by atoms with van der Waals surface area (Å²) >= 11 is 0. The molecule has 0 unspecified atom stereocenters. The molecule has 2 heteroatoms. The number of rotatable bonds is 5. The average Bonchev–Trinajstić information content (AvgIpc) is 2.61. The predicted molar refractivity (Wildman–Crippen MR) is 90.7 cm³/mol. The van der Waals surface area contributed by atoms with Crippen molar-refractivity contribution in [3.8, 4) is 5.75 Å². The first-order valence-electron chi connectivity index (χ1n) is 8.35. The quantitative estimate of drug-likeness (QED) is 0.856. The van der Waals surface area contributed by atoms with Crippen LogP contribution in [0.15, 0.2) is 54.6 Å². The van der Waals surface area contributed by atoms with Crippen molar-refractivity contribution >= 4 is 0 Å². The van der Waals surface area contributed by atoms with Crippen molar-refractivity contribution in [2.45, 2.75) is 44.8 Å². The van der Waals surface area contributed by atoms with Crippen LogP contribution in [0, 0.1) is 5.92 Å². The second kappa shape index (κ2) is 7.46. The van der Waals surface area contributed by atoms with E-state index in [0.717, 1.165) is 5.75 Å². The van der Waals surface area contributed by atoms with Gasteiger partial charge >= 0.3 is 0 Å². The van der Waals surface area contributed by atoms with Crippen molar-refractivity contribution in [2.24, 2.45) is 11.7 Å². The Labute approximate surface area is 133 Å². The number of hydrogen-bond donors (Lipinski definition) is 1. The van der Waals surface area contributed by atoms with E-state index in [0.29, 0.717) is 12.5 Å². The first kappa shape index (κ1) is 15.1. The van der Waals surface area contributed by atoms with Crippen LogP contribution in [-0.4, -0.2) is 0 Å². The Morgan fingerprint density at radius 3 is 2.27 bits per heavy atom. The molecule has 1 atom stereocenters. The van der Waals surface area contributed by atoms with Crippen LogP contribution < -0.4 is 10.5 Å². The molecule has 0 aliphatic heterocycles. The summed E-state index contributed by atoms with van der Waals surface area (Å²) in [4.78, 5) is 0. The maximum atomic E-state index is 6.44. The van der Waals surface area contributed by atoms with E-state index in [1.165, 1.54) is 43.2 Å². The summed E-state index contributed by atoms with van der Waals surface area (Å²) < 4.78 is 5.83. The molecule has 0 radical (unpaired) electrons. The zero-order valence-corrected chi connectivity index (χ0v) is 13.1. The highest BCUT2D eigenvalue weighted by Crippen LogP contribution is 2.33. The van der Waals surface area contributed by atoms with Crippen LogP contribution in [0.2, 0.25) is 0 Å². The number of nitrogens with two attached hydrogens (primary N) is 1. The molecule has 0 saturated heterocycles. The molecule has 116 valence electrons. The van der Waals surface area contributed by atoms with Crippen molar-refractivity contribution in [1.82, 2.24) is 0 Å². The third-order valence-electron chi connectivity index (χ3n) is 4.67. The van der Waals surface area contributed by atoms with E-state index < -0.39 is 0 Å². The fourth-order valence-electron chi connectivity index (χ4n) is 3.29. The van der Waals surface area contributed by atoms with E-state index >= 15 is 0 Å². The Hall–Kier alpha value is -1.80. The Balaban J connectivity index is 1.57. The van der Waals surface area contributed by atoms with Gasteiger partial charge in [0.15, 0.2) is 0 Å². The molecule has 2 aromatic carbocycles. The normalized spacial score (nSPS) is 17.1. The van der Waals surface area contributed by atoms with E-state index in [4.69, 9.17) is 10.5 Å². The molecular formula is C20H25NO. The van der Waals surface area contributed by atoms with Crippen molar-refractivity contribution in [2.75, 3.05) is 0 Å². The van der Waals surface area contributed by atoms with Crippen LogP contribution in [0.5, 0.6) is 5.75 Å². The summed E-state index contributed by atoms with van der Waals surface area (Å²) in [5.74, 6) is 1.55. The van der Waals surface area contributed by atoms with Crippen LogP contribution in [0.3, 0.4) is 0 Å². The van der Waals surface area contributed by atoms with E-state index in [1.807, 2.05) is 30.3 Å². The highest BCUT2D eigenvalue weighted by molar-refractivity contribution is 5.30. The van der Waals surface area contributed by atoms with E-state index in [2.05, 4.69) is 24.3 Å². The summed E-state index contributed by atoms with van der Waals surface area (Å²) in [5.41, 5.74) is 8.86. The van der Waals surface area contributed by atoms with E-state index in [1.54, 1.807) is 0 Å². The van der Waals surface area contributed by atoms with Crippen molar-refractivity contribution < 1.29 is 4.74 Å². The minimum atomic E-state index is 0.170. The van der Waals surface area contributed by atoms with Crippen LogP contribution >= 0.6 is 0 Å². The lowest BCUT2D eigenvalue weighted by molar-refractivity contribution is 0.302. The lowest BCUT2D eigenvalue weighted by Gasteiger charge is -2.27. The summed E-state index contributed by atoms with van der Waals surface area (Å²) in [6.45, 7) is 0.606. The number of benzene rings is 2.